The van der Waals surface area contributed by atoms with Gasteiger partial charge in [0.25, 0.3) is 0 Å². The Hall–Kier alpha value is -1.10. The highest BCUT2D eigenvalue weighted by Gasteiger charge is 2.18. The highest BCUT2D eigenvalue weighted by atomic mass is 16.4. The number of carbonyl (C=O) groups is 2. The average Bonchev–Trinajstić information content (AvgIpc) is 2.55. The molecule has 0 spiro atoms. The lowest BCUT2D eigenvalue weighted by atomic mass is 10.1. The van der Waals surface area contributed by atoms with E-state index < -0.39 is 5.97 Å². The van der Waals surface area contributed by atoms with Crippen molar-refractivity contribution in [2.45, 2.75) is 58.4 Å². The Morgan fingerprint density at radius 2 is 1.75 bits per heavy atom. The molecule has 0 aromatic carbocycles. The van der Waals surface area contributed by atoms with E-state index in [0.29, 0.717) is 12.5 Å². The van der Waals surface area contributed by atoms with Crippen molar-refractivity contribution in [3.63, 3.8) is 0 Å². The summed E-state index contributed by atoms with van der Waals surface area (Å²) in [5, 5.41) is 12.0. The Morgan fingerprint density at radius 3 is 2.25 bits per heavy atom. The first-order valence-corrected chi connectivity index (χ1v) is 7.71. The number of hydrogen-bond donors (Lipinski definition) is 2. The highest BCUT2D eigenvalue weighted by Crippen LogP contribution is 2.17. The molecular formula is C15H28N2O3. The summed E-state index contributed by atoms with van der Waals surface area (Å²) in [6.45, 7) is 4.79. The zero-order valence-electron chi connectivity index (χ0n) is 12.7. The molecule has 0 saturated heterocycles. The molecule has 0 bridgehead atoms. The van der Waals surface area contributed by atoms with Crippen molar-refractivity contribution in [3.8, 4) is 0 Å². The van der Waals surface area contributed by atoms with Crippen LogP contribution in [-0.2, 0) is 9.59 Å². The fourth-order valence-corrected chi connectivity index (χ4v) is 2.79. The molecule has 0 radical (unpaired) electrons. The number of carboxylic acid groups (broad SMARTS) is 1. The molecule has 1 aliphatic carbocycles. The van der Waals surface area contributed by atoms with Gasteiger partial charge in [0.15, 0.2) is 0 Å². The standard InChI is InChI=1S/C15H28N2O3/c1-12(2)9-17(11-15(19)20)10-14(18)16-13-7-5-3-4-6-8-13/h12-13H,3-11H2,1-2H3,(H,16,18)(H,19,20). The fraction of sp³-hybridized carbons (Fsp3) is 0.867. The maximum absolute atomic E-state index is 12.1. The van der Waals surface area contributed by atoms with Crippen LogP contribution in [0.25, 0.3) is 0 Å². The SMILES string of the molecule is CC(C)CN(CC(=O)O)CC(=O)NC1CCCCCC1. The molecule has 0 aromatic rings. The van der Waals surface area contributed by atoms with Gasteiger partial charge in [-0.3, -0.25) is 14.5 Å². The van der Waals surface area contributed by atoms with Crippen molar-refractivity contribution in [1.29, 1.82) is 0 Å². The third kappa shape index (κ3) is 7.48. The maximum atomic E-state index is 12.1. The van der Waals surface area contributed by atoms with Crippen LogP contribution in [-0.4, -0.2) is 47.6 Å². The summed E-state index contributed by atoms with van der Waals surface area (Å²) in [6.07, 6.45) is 6.96. The van der Waals surface area contributed by atoms with Crippen molar-refractivity contribution in [2.24, 2.45) is 5.92 Å². The first kappa shape index (κ1) is 17.0. The van der Waals surface area contributed by atoms with E-state index in [-0.39, 0.29) is 25.0 Å². The second-order valence-corrected chi connectivity index (χ2v) is 6.21. The van der Waals surface area contributed by atoms with Gasteiger partial charge in [-0.15, -0.1) is 0 Å². The minimum atomic E-state index is -0.882. The van der Waals surface area contributed by atoms with E-state index in [1.807, 2.05) is 13.8 Å². The molecule has 5 nitrogen and oxygen atoms in total. The molecule has 116 valence electrons. The van der Waals surface area contributed by atoms with Crippen LogP contribution in [0.3, 0.4) is 0 Å². The molecule has 0 atom stereocenters. The summed E-state index contributed by atoms with van der Waals surface area (Å²) < 4.78 is 0. The van der Waals surface area contributed by atoms with Crippen LogP contribution in [0.5, 0.6) is 0 Å². The number of amides is 1. The van der Waals surface area contributed by atoms with Crippen molar-refractivity contribution in [1.82, 2.24) is 10.2 Å². The lowest BCUT2D eigenvalue weighted by Crippen LogP contribution is -2.44. The minimum Gasteiger partial charge on any atom is -0.480 e. The van der Waals surface area contributed by atoms with Crippen LogP contribution < -0.4 is 5.32 Å². The van der Waals surface area contributed by atoms with Crippen molar-refractivity contribution in [2.75, 3.05) is 19.6 Å². The monoisotopic (exact) mass is 284 g/mol. The topological polar surface area (TPSA) is 69.6 Å². The second-order valence-electron chi connectivity index (χ2n) is 6.21. The highest BCUT2D eigenvalue weighted by molar-refractivity contribution is 5.79. The second kappa shape index (κ2) is 8.95. The number of nitrogens with one attached hydrogen (secondary N) is 1. The predicted molar refractivity (Wildman–Crippen MR) is 78.5 cm³/mol. The third-order valence-corrected chi connectivity index (χ3v) is 3.57. The Morgan fingerprint density at radius 1 is 1.15 bits per heavy atom. The molecule has 0 unspecified atom stereocenters. The Balaban J connectivity index is 2.41. The van der Waals surface area contributed by atoms with Gasteiger partial charge < -0.3 is 10.4 Å². The van der Waals surface area contributed by atoms with Gasteiger partial charge in [0.2, 0.25) is 5.91 Å². The number of aliphatic carboxylic acids is 1. The van der Waals surface area contributed by atoms with Gasteiger partial charge in [-0.1, -0.05) is 39.5 Å². The lowest BCUT2D eigenvalue weighted by molar-refractivity contribution is -0.138. The first-order chi connectivity index (χ1) is 9.47. The molecule has 1 amide bonds. The Labute approximate surface area is 121 Å². The van der Waals surface area contributed by atoms with Crippen LogP contribution in [0.1, 0.15) is 52.4 Å². The summed E-state index contributed by atoms with van der Waals surface area (Å²) in [5.74, 6) is -0.577. The maximum Gasteiger partial charge on any atom is 0.317 e. The summed E-state index contributed by atoms with van der Waals surface area (Å²) in [6, 6.07) is 0.274. The van der Waals surface area contributed by atoms with E-state index in [2.05, 4.69) is 5.32 Å². The van der Waals surface area contributed by atoms with Gasteiger partial charge >= 0.3 is 5.97 Å². The number of rotatable bonds is 7. The molecule has 5 heteroatoms. The first-order valence-electron chi connectivity index (χ1n) is 7.71. The summed E-state index contributed by atoms with van der Waals surface area (Å²) in [7, 11) is 0. The van der Waals surface area contributed by atoms with Gasteiger partial charge in [0.05, 0.1) is 13.1 Å². The molecule has 1 rings (SSSR count). The quantitative estimate of drug-likeness (QED) is 0.700. The summed E-state index contributed by atoms with van der Waals surface area (Å²) >= 11 is 0. The number of carbonyl (C=O) groups excluding carboxylic acids is 1. The molecule has 0 aliphatic heterocycles. The summed E-state index contributed by atoms with van der Waals surface area (Å²) in [4.78, 5) is 24.6. The summed E-state index contributed by atoms with van der Waals surface area (Å²) in [5.41, 5.74) is 0. The molecule has 0 heterocycles. The van der Waals surface area contributed by atoms with E-state index in [1.165, 1.54) is 25.7 Å². The number of carboxylic acids is 1. The van der Waals surface area contributed by atoms with Crippen LogP contribution in [0.2, 0.25) is 0 Å². The zero-order chi connectivity index (χ0) is 15.0. The van der Waals surface area contributed by atoms with E-state index in [9.17, 15) is 9.59 Å². The van der Waals surface area contributed by atoms with E-state index in [1.54, 1.807) is 4.90 Å². The van der Waals surface area contributed by atoms with Crippen LogP contribution >= 0.6 is 0 Å². The smallest absolute Gasteiger partial charge is 0.317 e. The van der Waals surface area contributed by atoms with Crippen molar-refractivity contribution < 1.29 is 14.7 Å². The van der Waals surface area contributed by atoms with Crippen LogP contribution in [0.15, 0.2) is 0 Å². The van der Waals surface area contributed by atoms with E-state index in [0.717, 1.165) is 12.8 Å². The number of hydrogen-bond acceptors (Lipinski definition) is 3. The lowest BCUT2D eigenvalue weighted by Gasteiger charge is -2.23. The molecule has 0 aromatic heterocycles. The third-order valence-electron chi connectivity index (χ3n) is 3.57. The minimum absolute atomic E-state index is 0.0428. The predicted octanol–water partition coefficient (Wildman–Crippen LogP) is 1.87. The van der Waals surface area contributed by atoms with Crippen molar-refractivity contribution >= 4 is 11.9 Å². The van der Waals surface area contributed by atoms with Gasteiger partial charge in [-0.2, -0.15) is 0 Å². The van der Waals surface area contributed by atoms with Crippen LogP contribution in [0, 0.1) is 5.92 Å². The molecule has 20 heavy (non-hydrogen) atoms. The van der Waals surface area contributed by atoms with E-state index in [4.69, 9.17) is 5.11 Å². The molecule has 1 aliphatic rings. The number of nitrogens with zero attached hydrogens (tertiary/aromatic N) is 1. The van der Waals surface area contributed by atoms with Crippen LogP contribution in [0.4, 0.5) is 0 Å². The normalized spacial score (nSPS) is 17.2. The van der Waals surface area contributed by atoms with Gasteiger partial charge in [0.1, 0.15) is 0 Å². The molecular weight excluding hydrogens is 256 g/mol. The van der Waals surface area contributed by atoms with Gasteiger partial charge in [-0.05, 0) is 18.8 Å². The molecule has 1 saturated carbocycles. The van der Waals surface area contributed by atoms with Gasteiger partial charge in [-0.25, -0.2) is 0 Å². The molecule has 2 N–H and O–H groups in total. The van der Waals surface area contributed by atoms with Crippen molar-refractivity contribution in [3.05, 3.63) is 0 Å². The largest absolute Gasteiger partial charge is 0.480 e. The zero-order valence-corrected chi connectivity index (χ0v) is 12.7. The average molecular weight is 284 g/mol. The fourth-order valence-electron chi connectivity index (χ4n) is 2.79. The Bertz CT molecular complexity index is 310. The van der Waals surface area contributed by atoms with Gasteiger partial charge in [0, 0.05) is 12.6 Å². The molecule has 1 fully saturated rings. The van der Waals surface area contributed by atoms with E-state index >= 15 is 0 Å². The Kier molecular flexibility index (Phi) is 7.59.